The van der Waals surface area contributed by atoms with Gasteiger partial charge < -0.3 is 10.6 Å². The second-order valence-electron chi connectivity index (χ2n) is 6.87. The smallest absolute Gasteiger partial charge is 0.254 e. The van der Waals surface area contributed by atoms with E-state index in [1.165, 1.54) is 16.9 Å². The molecule has 3 aromatic rings. The van der Waals surface area contributed by atoms with E-state index in [0.717, 1.165) is 17.7 Å². The van der Waals surface area contributed by atoms with Crippen LogP contribution in [-0.4, -0.2) is 28.6 Å². The largest absolute Gasteiger partial charge is 0.351 e. The van der Waals surface area contributed by atoms with Crippen LogP contribution in [0.25, 0.3) is 10.6 Å². The van der Waals surface area contributed by atoms with Crippen molar-refractivity contribution in [3.63, 3.8) is 0 Å². The second-order valence-corrected chi connectivity index (χ2v) is 7.84. The minimum Gasteiger partial charge on any atom is -0.351 e. The molecule has 0 unspecified atom stereocenters. The molecule has 0 spiro atoms. The molecule has 0 fully saturated rings. The standard InChI is InChI=1S/C21H20F2N4O2S/c1-12(2)13-3-5-14(6-4-13)20-26-27-21(30-20)25-18(28)9-10-24-19(29)16-8-7-15(22)11-17(16)23/h3-8,11-12H,9-10H2,1-2H3,(H,24,29)(H,25,27,28). The maximum absolute atomic E-state index is 13.6. The van der Waals surface area contributed by atoms with Crippen LogP contribution in [0.4, 0.5) is 13.9 Å². The zero-order valence-electron chi connectivity index (χ0n) is 16.4. The minimum atomic E-state index is -0.959. The van der Waals surface area contributed by atoms with Crippen molar-refractivity contribution >= 4 is 28.3 Å². The third kappa shape index (κ3) is 5.44. The van der Waals surface area contributed by atoms with Gasteiger partial charge in [-0.3, -0.25) is 9.59 Å². The number of carbonyl (C=O) groups excluding carboxylic acids is 2. The molecule has 2 amide bonds. The SMILES string of the molecule is CC(C)c1ccc(-c2nnc(NC(=O)CCNC(=O)c3ccc(F)cc3F)s2)cc1. The Morgan fingerprint density at radius 2 is 1.80 bits per heavy atom. The lowest BCUT2D eigenvalue weighted by atomic mass is 10.0. The van der Waals surface area contributed by atoms with Crippen molar-refractivity contribution in [3.05, 3.63) is 65.2 Å². The van der Waals surface area contributed by atoms with Crippen molar-refractivity contribution in [1.29, 1.82) is 0 Å². The Kier molecular flexibility index (Phi) is 6.83. The molecule has 3 rings (SSSR count). The van der Waals surface area contributed by atoms with E-state index in [4.69, 9.17) is 0 Å². The first-order chi connectivity index (χ1) is 14.3. The molecule has 0 saturated carbocycles. The molecule has 0 aliphatic heterocycles. The second kappa shape index (κ2) is 9.53. The zero-order valence-corrected chi connectivity index (χ0v) is 17.2. The molecule has 30 heavy (non-hydrogen) atoms. The number of amides is 2. The summed E-state index contributed by atoms with van der Waals surface area (Å²) in [6.45, 7) is 4.22. The molecule has 156 valence electrons. The van der Waals surface area contributed by atoms with Crippen LogP contribution in [0.1, 0.15) is 42.1 Å². The average molecular weight is 430 g/mol. The van der Waals surface area contributed by atoms with Crippen LogP contribution in [0.2, 0.25) is 0 Å². The molecule has 6 nitrogen and oxygen atoms in total. The summed E-state index contributed by atoms with van der Waals surface area (Å²) in [5.74, 6) is -2.38. The summed E-state index contributed by atoms with van der Waals surface area (Å²) in [4.78, 5) is 24.0. The van der Waals surface area contributed by atoms with E-state index >= 15 is 0 Å². The highest BCUT2D eigenvalue weighted by molar-refractivity contribution is 7.18. The normalized spacial score (nSPS) is 10.8. The van der Waals surface area contributed by atoms with Gasteiger partial charge in [0.1, 0.15) is 16.6 Å². The molecule has 2 N–H and O–H groups in total. The number of nitrogens with one attached hydrogen (secondary N) is 2. The van der Waals surface area contributed by atoms with Gasteiger partial charge in [0, 0.05) is 24.6 Å². The molecule has 1 aromatic heterocycles. The quantitative estimate of drug-likeness (QED) is 0.583. The number of anilines is 1. The lowest BCUT2D eigenvalue weighted by Crippen LogP contribution is -2.28. The Hall–Kier alpha value is -3.20. The highest BCUT2D eigenvalue weighted by Gasteiger charge is 2.14. The van der Waals surface area contributed by atoms with Crippen LogP contribution in [0, 0.1) is 11.6 Å². The third-order valence-electron chi connectivity index (χ3n) is 4.31. The highest BCUT2D eigenvalue weighted by atomic mass is 32.1. The topological polar surface area (TPSA) is 84.0 Å². The fraction of sp³-hybridized carbons (Fsp3) is 0.238. The van der Waals surface area contributed by atoms with Crippen molar-refractivity contribution in [2.75, 3.05) is 11.9 Å². The first kappa shape index (κ1) is 21.5. The lowest BCUT2D eigenvalue weighted by Gasteiger charge is -2.06. The zero-order chi connectivity index (χ0) is 21.7. The predicted molar refractivity (Wildman–Crippen MR) is 111 cm³/mol. The van der Waals surface area contributed by atoms with E-state index in [-0.39, 0.29) is 24.4 Å². The summed E-state index contributed by atoms with van der Waals surface area (Å²) in [5.41, 5.74) is 1.85. The van der Waals surface area contributed by atoms with Gasteiger partial charge in [-0.2, -0.15) is 0 Å². The van der Waals surface area contributed by atoms with E-state index in [1.54, 1.807) is 0 Å². The van der Waals surface area contributed by atoms with Crippen LogP contribution >= 0.6 is 11.3 Å². The van der Waals surface area contributed by atoms with E-state index in [1.807, 2.05) is 24.3 Å². The maximum Gasteiger partial charge on any atom is 0.254 e. The van der Waals surface area contributed by atoms with Crippen molar-refractivity contribution < 1.29 is 18.4 Å². The Bertz CT molecular complexity index is 1050. The van der Waals surface area contributed by atoms with Crippen LogP contribution in [-0.2, 0) is 4.79 Å². The molecule has 1 heterocycles. The molecule has 9 heteroatoms. The van der Waals surface area contributed by atoms with Gasteiger partial charge in [0.05, 0.1) is 5.56 Å². The van der Waals surface area contributed by atoms with Crippen molar-refractivity contribution in [2.24, 2.45) is 0 Å². The summed E-state index contributed by atoms with van der Waals surface area (Å²) < 4.78 is 26.5. The van der Waals surface area contributed by atoms with Crippen LogP contribution < -0.4 is 10.6 Å². The van der Waals surface area contributed by atoms with Gasteiger partial charge in [0.15, 0.2) is 0 Å². The molecule has 2 aromatic carbocycles. The van der Waals surface area contributed by atoms with Gasteiger partial charge >= 0.3 is 0 Å². The van der Waals surface area contributed by atoms with Crippen molar-refractivity contribution in [3.8, 4) is 10.6 Å². The monoisotopic (exact) mass is 430 g/mol. The fourth-order valence-corrected chi connectivity index (χ4v) is 3.41. The number of hydrogen-bond acceptors (Lipinski definition) is 5. The molecular formula is C21H20F2N4O2S. The predicted octanol–water partition coefficient (Wildman–Crippen LogP) is 4.37. The van der Waals surface area contributed by atoms with Crippen LogP contribution in [0.3, 0.4) is 0 Å². The minimum absolute atomic E-state index is 0.0101. The fourth-order valence-electron chi connectivity index (χ4n) is 2.64. The summed E-state index contributed by atoms with van der Waals surface area (Å²) in [6, 6.07) is 10.7. The Balaban J connectivity index is 1.50. The summed E-state index contributed by atoms with van der Waals surface area (Å²) in [7, 11) is 0. The lowest BCUT2D eigenvalue weighted by molar-refractivity contribution is -0.116. The third-order valence-corrected chi connectivity index (χ3v) is 5.20. The van der Waals surface area contributed by atoms with E-state index in [0.29, 0.717) is 22.1 Å². The summed E-state index contributed by atoms with van der Waals surface area (Å²) in [5, 5.41) is 14.1. The van der Waals surface area contributed by atoms with Gasteiger partial charge in [-0.25, -0.2) is 8.78 Å². The molecule has 0 saturated heterocycles. The highest BCUT2D eigenvalue weighted by Crippen LogP contribution is 2.27. The van der Waals surface area contributed by atoms with Gasteiger partial charge in [-0.05, 0) is 23.6 Å². The van der Waals surface area contributed by atoms with E-state index in [9.17, 15) is 18.4 Å². The van der Waals surface area contributed by atoms with Crippen LogP contribution in [0.5, 0.6) is 0 Å². The van der Waals surface area contributed by atoms with Gasteiger partial charge in [0.2, 0.25) is 11.0 Å². The summed E-state index contributed by atoms with van der Waals surface area (Å²) >= 11 is 1.24. The first-order valence-corrected chi connectivity index (χ1v) is 10.1. The van der Waals surface area contributed by atoms with E-state index in [2.05, 4.69) is 34.7 Å². The van der Waals surface area contributed by atoms with Gasteiger partial charge in [-0.1, -0.05) is 49.4 Å². The molecule has 0 radical (unpaired) electrons. The molecular weight excluding hydrogens is 410 g/mol. The number of aromatic nitrogens is 2. The number of rotatable bonds is 7. The van der Waals surface area contributed by atoms with Gasteiger partial charge in [0.25, 0.3) is 5.91 Å². The van der Waals surface area contributed by atoms with E-state index < -0.39 is 17.5 Å². The Labute approximate surface area is 176 Å². The first-order valence-electron chi connectivity index (χ1n) is 9.30. The van der Waals surface area contributed by atoms with Gasteiger partial charge in [-0.15, -0.1) is 10.2 Å². The molecule has 0 atom stereocenters. The molecule has 0 aliphatic rings. The number of hydrogen-bond donors (Lipinski definition) is 2. The Morgan fingerprint density at radius 1 is 1.07 bits per heavy atom. The number of halogens is 2. The molecule has 0 bridgehead atoms. The maximum atomic E-state index is 13.6. The van der Waals surface area contributed by atoms with Crippen molar-refractivity contribution in [1.82, 2.24) is 15.5 Å². The Morgan fingerprint density at radius 3 is 2.47 bits per heavy atom. The summed E-state index contributed by atoms with van der Waals surface area (Å²) in [6.07, 6.45) is -0.0352. The van der Waals surface area contributed by atoms with Crippen LogP contribution in [0.15, 0.2) is 42.5 Å². The molecule has 0 aliphatic carbocycles. The number of carbonyl (C=O) groups is 2. The average Bonchev–Trinajstić information content (AvgIpc) is 3.16. The number of nitrogens with zero attached hydrogens (tertiary/aromatic N) is 2. The van der Waals surface area contributed by atoms with Crippen molar-refractivity contribution in [2.45, 2.75) is 26.2 Å². The number of benzene rings is 2.